The zero-order valence-electron chi connectivity index (χ0n) is 20.3. The van der Waals surface area contributed by atoms with Crippen LogP contribution in [0.5, 0.6) is 5.75 Å². The van der Waals surface area contributed by atoms with E-state index in [0.717, 1.165) is 60.4 Å². The predicted octanol–water partition coefficient (Wildman–Crippen LogP) is 4.78. The third kappa shape index (κ3) is 7.89. The normalized spacial score (nSPS) is 15.8. The largest absolute Gasteiger partial charge is 0.493 e. The molecule has 2 N–H and O–H groups in total. The van der Waals surface area contributed by atoms with Crippen LogP contribution in [0.4, 0.5) is 0 Å². The van der Waals surface area contributed by atoms with E-state index in [1.807, 2.05) is 4.90 Å². The van der Waals surface area contributed by atoms with Crippen LogP contribution in [-0.2, 0) is 24.4 Å². The van der Waals surface area contributed by atoms with Crippen molar-refractivity contribution in [2.75, 3.05) is 19.7 Å². The van der Waals surface area contributed by atoms with Crippen molar-refractivity contribution < 1.29 is 9.53 Å². The topological polar surface area (TPSA) is 66.0 Å². The lowest BCUT2D eigenvalue weighted by atomic mass is 10.1. The summed E-state index contributed by atoms with van der Waals surface area (Å²) >= 11 is 0. The molecule has 1 amide bonds. The molecule has 0 bridgehead atoms. The van der Waals surface area contributed by atoms with Gasteiger partial charge in [0.1, 0.15) is 5.75 Å². The molecule has 6 nitrogen and oxygen atoms in total. The first kappa shape index (κ1) is 26.3. The van der Waals surface area contributed by atoms with Crippen molar-refractivity contribution in [1.82, 2.24) is 15.5 Å². The van der Waals surface area contributed by atoms with E-state index < -0.39 is 0 Å². The molecular weight excluding hydrogens is 539 g/mol. The molecule has 34 heavy (non-hydrogen) atoms. The van der Waals surface area contributed by atoms with Crippen molar-refractivity contribution in [2.24, 2.45) is 10.9 Å². The number of benzene rings is 2. The Kier molecular flexibility index (Phi) is 10.0. The lowest BCUT2D eigenvalue weighted by Crippen LogP contribution is -2.36. The molecule has 0 spiro atoms. The van der Waals surface area contributed by atoms with Gasteiger partial charge in [-0.25, -0.2) is 4.99 Å². The van der Waals surface area contributed by atoms with Gasteiger partial charge in [0, 0.05) is 38.2 Å². The molecular formula is C27H37IN4O2. The van der Waals surface area contributed by atoms with Crippen LogP contribution in [0.1, 0.15) is 54.9 Å². The molecule has 2 aliphatic rings. The number of rotatable bonds is 10. The van der Waals surface area contributed by atoms with Crippen LogP contribution in [0.25, 0.3) is 0 Å². The summed E-state index contributed by atoms with van der Waals surface area (Å²) < 4.78 is 6.11. The summed E-state index contributed by atoms with van der Waals surface area (Å²) in [5.41, 5.74) is 4.65. The van der Waals surface area contributed by atoms with E-state index in [2.05, 4.69) is 66.9 Å². The van der Waals surface area contributed by atoms with Crippen molar-refractivity contribution in [3.8, 4) is 5.75 Å². The van der Waals surface area contributed by atoms with Crippen LogP contribution < -0.4 is 15.4 Å². The summed E-state index contributed by atoms with van der Waals surface area (Å²) in [4.78, 5) is 18.7. The molecule has 1 aliphatic carbocycles. The van der Waals surface area contributed by atoms with Crippen molar-refractivity contribution in [2.45, 2.75) is 59.2 Å². The van der Waals surface area contributed by atoms with Crippen LogP contribution >= 0.6 is 24.0 Å². The van der Waals surface area contributed by atoms with E-state index in [1.165, 1.54) is 18.4 Å². The van der Waals surface area contributed by atoms with Gasteiger partial charge in [-0.2, -0.15) is 0 Å². The van der Waals surface area contributed by atoms with Gasteiger partial charge in [0.05, 0.1) is 13.2 Å². The summed E-state index contributed by atoms with van der Waals surface area (Å²) in [5.74, 6) is 2.74. The maximum absolute atomic E-state index is 11.9. The molecule has 0 atom stereocenters. The highest BCUT2D eigenvalue weighted by Crippen LogP contribution is 2.30. The Labute approximate surface area is 220 Å². The zero-order valence-corrected chi connectivity index (χ0v) is 22.6. The van der Waals surface area contributed by atoms with Gasteiger partial charge in [-0.3, -0.25) is 4.79 Å². The van der Waals surface area contributed by atoms with Gasteiger partial charge in [0.25, 0.3) is 0 Å². The number of amides is 1. The monoisotopic (exact) mass is 576 g/mol. The minimum absolute atomic E-state index is 0. The smallest absolute Gasteiger partial charge is 0.222 e. The summed E-state index contributed by atoms with van der Waals surface area (Å²) in [7, 11) is 0. The van der Waals surface area contributed by atoms with Gasteiger partial charge in [0.2, 0.25) is 5.91 Å². The number of guanidine groups is 1. The number of carbonyl (C=O) groups excluding carboxylic acids is 1. The van der Waals surface area contributed by atoms with Crippen LogP contribution in [0.2, 0.25) is 0 Å². The van der Waals surface area contributed by atoms with E-state index in [-0.39, 0.29) is 29.9 Å². The Hall–Kier alpha value is -2.29. The molecule has 2 aromatic rings. The molecule has 1 aliphatic heterocycles. The maximum atomic E-state index is 11.9. The number of carbonyl (C=O) groups is 1. The number of aryl methyl sites for hydroxylation is 1. The Morgan fingerprint density at radius 2 is 1.97 bits per heavy atom. The van der Waals surface area contributed by atoms with Crippen molar-refractivity contribution in [3.63, 3.8) is 0 Å². The molecule has 2 fully saturated rings. The number of hydrogen-bond donors (Lipinski definition) is 2. The van der Waals surface area contributed by atoms with Gasteiger partial charge < -0.3 is 20.3 Å². The molecule has 2 aromatic carbocycles. The number of aliphatic imine (C=N–C) groups is 1. The Morgan fingerprint density at radius 1 is 1.15 bits per heavy atom. The highest BCUT2D eigenvalue weighted by Gasteiger charge is 2.22. The van der Waals surface area contributed by atoms with Gasteiger partial charge in [-0.1, -0.05) is 36.4 Å². The molecule has 184 valence electrons. The molecule has 1 heterocycles. The predicted molar refractivity (Wildman–Crippen MR) is 148 cm³/mol. The first-order valence-corrected chi connectivity index (χ1v) is 12.2. The lowest BCUT2D eigenvalue weighted by Gasteiger charge is -2.16. The maximum Gasteiger partial charge on any atom is 0.222 e. The van der Waals surface area contributed by atoms with E-state index in [4.69, 9.17) is 9.73 Å². The van der Waals surface area contributed by atoms with Crippen LogP contribution in [0.3, 0.4) is 0 Å². The summed E-state index contributed by atoms with van der Waals surface area (Å²) in [6, 6.07) is 14.8. The summed E-state index contributed by atoms with van der Waals surface area (Å²) in [5, 5.41) is 6.79. The number of ether oxygens (including phenoxy) is 1. The third-order valence-electron chi connectivity index (χ3n) is 6.14. The van der Waals surface area contributed by atoms with Gasteiger partial charge >= 0.3 is 0 Å². The van der Waals surface area contributed by atoms with E-state index in [1.54, 1.807) is 0 Å². The zero-order chi connectivity index (χ0) is 23.0. The Bertz CT molecular complexity index is 990. The molecule has 0 unspecified atom stereocenters. The molecule has 0 aromatic heterocycles. The van der Waals surface area contributed by atoms with Crippen LogP contribution in [0.15, 0.2) is 47.5 Å². The average molecular weight is 577 g/mol. The highest BCUT2D eigenvalue weighted by molar-refractivity contribution is 14.0. The minimum Gasteiger partial charge on any atom is -0.493 e. The molecule has 1 saturated carbocycles. The molecule has 0 radical (unpaired) electrons. The first-order chi connectivity index (χ1) is 16.1. The fourth-order valence-electron chi connectivity index (χ4n) is 4.04. The van der Waals surface area contributed by atoms with Crippen molar-refractivity contribution in [1.29, 1.82) is 0 Å². The fraction of sp³-hybridized carbons (Fsp3) is 0.481. The number of nitrogens with one attached hydrogen (secondary N) is 2. The Balaban J connectivity index is 0.00000324. The van der Waals surface area contributed by atoms with Crippen LogP contribution in [-0.4, -0.2) is 36.5 Å². The number of halogens is 1. The quantitative estimate of drug-likeness (QED) is 0.243. The standard InChI is InChI=1S/C27H36N4O2.HI/c1-3-28-27(30-17-24-12-9-20(2)14-25(24)33-19-21-10-11-21)29-16-22-6-4-7-23(15-22)18-31-13-5-8-26(31)32;/h4,6-7,9,12,14-15,21H,3,5,8,10-11,13,16-19H2,1-2H3,(H2,28,29,30);1H. The van der Waals surface area contributed by atoms with E-state index in [9.17, 15) is 4.79 Å². The summed E-state index contributed by atoms with van der Waals surface area (Å²) in [6.07, 6.45) is 4.21. The molecule has 1 saturated heterocycles. The Morgan fingerprint density at radius 3 is 2.71 bits per heavy atom. The SMILES string of the molecule is CCNC(=NCc1cccc(CN2CCCC2=O)c1)NCc1ccc(C)cc1OCC1CC1.I. The molecule has 4 rings (SSSR count). The fourth-order valence-corrected chi connectivity index (χ4v) is 4.04. The van der Waals surface area contributed by atoms with Gasteiger partial charge in [-0.05, 0) is 61.8 Å². The van der Waals surface area contributed by atoms with Gasteiger partial charge in [-0.15, -0.1) is 24.0 Å². The van der Waals surface area contributed by atoms with Crippen molar-refractivity contribution in [3.05, 3.63) is 64.7 Å². The molecule has 7 heteroatoms. The number of hydrogen-bond acceptors (Lipinski definition) is 3. The highest BCUT2D eigenvalue weighted by atomic mass is 127. The van der Waals surface area contributed by atoms with E-state index in [0.29, 0.717) is 26.1 Å². The second-order valence-electron chi connectivity index (χ2n) is 9.15. The first-order valence-electron chi connectivity index (χ1n) is 12.2. The average Bonchev–Trinajstić information content (AvgIpc) is 3.56. The lowest BCUT2D eigenvalue weighted by molar-refractivity contribution is -0.128. The van der Waals surface area contributed by atoms with E-state index >= 15 is 0 Å². The van der Waals surface area contributed by atoms with Crippen LogP contribution in [0, 0.1) is 12.8 Å². The summed E-state index contributed by atoms with van der Waals surface area (Å²) in [6.45, 7) is 8.55. The minimum atomic E-state index is 0. The second-order valence-corrected chi connectivity index (χ2v) is 9.15. The third-order valence-corrected chi connectivity index (χ3v) is 6.14. The van der Waals surface area contributed by atoms with Gasteiger partial charge in [0.15, 0.2) is 5.96 Å². The second kappa shape index (κ2) is 13.0. The van der Waals surface area contributed by atoms with Crippen molar-refractivity contribution >= 4 is 35.8 Å². The number of likely N-dealkylation sites (tertiary alicyclic amines) is 1. The number of nitrogens with zero attached hydrogens (tertiary/aromatic N) is 2.